The Hall–Kier alpha value is -2.29. The van der Waals surface area contributed by atoms with Gasteiger partial charge in [0.25, 0.3) is 0 Å². The number of methoxy groups -OCH3 is 1. The zero-order valence-corrected chi connectivity index (χ0v) is 14.8. The molecule has 134 valence electrons. The van der Waals surface area contributed by atoms with E-state index >= 15 is 0 Å². The summed E-state index contributed by atoms with van der Waals surface area (Å²) in [5, 5.41) is 4.93. The molecule has 0 bridgehead atoms. The maximum atomic E-state index is 12.3. The van der Waals surface area contributed by atoms with Gasteiger partial charge in [-0.25, -0.2) is 4.98 Å². The van der Waals surface area contributed by atoms with Crippen molar-refractivity contribution in [2.45, 2.75) is 6.61 Å². The third-order valence-electron chi connectivity index (χ3n) is 3.27. The van der Waals surface area contributed by atoms with Crippen LogP contribution in [0.1, 0.15) is 5.56 Å². The molecule has 0 saturated heterocycles. The number of anilines is 1. The average Bonchev–Trinajstić information content (AvgIpc) is 3.12. The van der Waals surface area contributed by atoms with Crippen molar-refractivity contribution in [3.8, 4) is 0 Å². The first-order valence-corrected chi connectivity index (χ1v) is 8.64. The van der Waals surface area contributed by atoms with Crippen molar-refractivity contribution in [1.82, 2.24) is 9.88 Å². The minimum atomic E-state index is -0.303. The van der Waals surface area contributed by atoms with Crippen LogP contribution >= 0.6 is 11.3 Å². The van der Waals surface area contributed by atoms with Crippen LogP contribution in [0.2, 0.25) is 0 Å². The molecule has 7 nitrogen and oxygen atoms in total. The molecule has 1 aromatic carbocycles. The molecular formula is C17H21N3O4S. The molecule has 1 aromatic heterocycles. The van der Waals surface area contributed by atoms with Gasteiger partial charge in [-0.1, -0.05) is 30.3 Å². The highest BCUT2D eigenvalue weighted by atomic mass is 32.1. The first-order valence-electron chi connectivity index (χ1n) is 7.76. The molecule has 0 aliphatic heterocycles. The van der Waals surface area contributed by atoms with Gasteiger partial charge >= 0.3 is 0 Å². The minimum absolute atomic E-state index is 0.0729. The van der Waals surface area contributed by atoms with E-state index in [0.717, 1.165) is 5.56 Å². The maximum absolute atomic E-state index is 12.3. The number of carbonyl (C=O) groups is 2. The SMILES string of the molecule is COCCN(CC(=O)Nc1nccs1)C(=O)COCc1ccccc1. The molecule has 25 heavy (non-hydrogen) atoms. The Morgan fingerprint density at radius 1 is 1.28 bits per heavy atom. The van der Waals surface area contributed by atoms with Crippen LogP contribution in [0.3, 0.4) is 0 Å². The lowest BCUT2D eigenvalue weighted by atomic mass is 10.2. The number of aromatic nitrogens is 1. The van der Waals surface area contributed by atoms with Crippen molar-refractivity contribution in [3.63, 3.8) is 0 Å². The number of carbonyl (C=O) groups excluding carboxylic acids is 2. The summed E-state index contributed by atoms with van der Waals surface area (Å²) in [6.07, 6.45) is 1.60. The van der Waals surface area contributed by atoms with Gasteiger partial charge in [-0.2, -0.15) is 0 Å². The third kappa shape index (κ3) is 7.00. The quantitative estimate of drug-likeness (QED) is 0.696. The molecule has 2 aromatic rings. The lowest BCUT2D eigenvalue weighted by Gasteiger charge is -2.21. The number of rotatable bonds is 10. The molecule has 0 saturated carbocycles. The molecule has 8 heteroatoms. The van der Waals surface area contributed by atoms with Crippen molar-refractivity contribution in [1.29, 1.82) is 0 Å². The highest BCUT2D eigenvalue weighted by molar-refractivity contribution is 7.13. The zero-order valence-electron chi connectivity index (χ0n) is 14.0. The van der Waals surface area contributed by atoms with Crippen molar-refractivity contribution in [3.05, 3.63) is 47.5 Å². The lowest BCUT2D eigenvalue weighted by molar-refractivity contribution is -0.139. The second kappa shape index (κ2) is 10.5. The zero-order chi connectivity index (χ0) is 17.9. The van der Waals surface area contributed by atoms with Crippen LogP contribution in [-0.4, -0.2) is 55.1 Å². The summed E-state index contributed by atoms with van der Waals surface area (Å²) < 4.78 is 10.5. The van der Waals surface area contributed by atoms with E-state index in [9.17, 15) is 9.59 Å². The number of thiazole rings is 1. The van der Waals surface area contributed by atoms with Crippen molar-refractivity contribution < 1.29 is 19.1 Å². The van der Waals surface area contributed by atoms with E-state index < -0.39 is 0 Å². The van der Waals surface area contributed by atoms with Crippen LogP contribution in [-0.2, 0) is 25.7 Å². The van der Waals surface area contributed by atoms with Crippen LogP contribution in [0, 0.1) is 0 Å². The lowest BCUT2D eigenvalue weighted by Crippen LogP contribution is -2.41. The van der Waals surface area contributed by atoms with Crippen LogP contribution < -0.4 is 5.32 Å². The van der Waals surface area contributed by atoms with Crippen molar-refractivity contribution >= 4 is 28.3 Å². The molecule has 0 atom stereocenters. The second-order valence-corrected chi connectivity index (χ2v) is 6.07. The average molecular weight is 363 g/mol. The van der Waals surface area contributed by atoms with Gasteiger partial charge < -0.3 is 19.7 Å². The fourth-order valence-electron chi connectivity index (χ4n) is 2.03. The van der Waals surface area contributed by atoms with Crippen LogP contribution in [0.4, 0.5) is 5.13 Å². The maximum Gasteiger partial charge on any atom is 0.249 e. The smallest absolute Gasteiger partial charge is 0.249 e. The van der Waals surface area contributed by atoms with Gasteiger partial charge in [-0.15, -0.1) is 11.3 Å². The minimum Gasteiger partial charge on any atom is -0.383 e. The molecule has 0 fully saturated rings. The summed E-state index contributed by atoms with van der Waals surface area (Å²) in [6, 6.07) is 9.59. The van der Waals surface area contributed by atoms with E-state index in [0.29, 0.717) is 24.9 Å². The fourth-order valence-corrected chi connectivity index (χ4v) is 2.58. The highest BCUT2D eigenvalue weighted by Crippen LogP contribution is 2.10. The largest absolute Gasteiger partial charge is 0.383 e. The van der Waals surface area contributed by atoms with Crippen LogP contribution in [0.15, 0.2) is 41.9 Å². The predicted octanol–water partition coefficient (Wildman–Crippen LogP) is 1.77. The van der Waals surface area contributed by atoms with Gasteiger partial charge in [-0.3, -0.25) is 9.59 Å². The third-order valence-corrected chi connectivity index (χ3v) is 3.96. The summed E-state index contributed by atoms with van der Waals surface area (Å²) in [7, 11) is 1.55. The Labute approximate surface area is 150 Å². The number of amides is 2. The van der Waals surface area contributed by atoms with Crippen molar-refractivity contribution in [2.75, 3.05) is 38.7 Å². The fraction of sp³-hybridized carbons (Fsp3) is 0.353. The number of benzene rings is 1. The molecule has 1 N–H and O–H groups in total. The Bertz CT molecular complexity index is 649. The summed E-state index contributed by atoms with van der Waals surface area (Å²) in [4.78, 5) is 29.8. The van der Waals surface area contributed by atoms with E-state index in [1.54, 1.807) is 18.7 Å². The van der Waals surface area contributed by atoms with Gasteiger partial charge in [0.15, 0.2) is 5.13 Å². The molecule has 2 amide bonds. The number of nitrogens with one attached hydrogen (secondary N) is 1. The second-order valence-electron chi connectivity index (χ2n) is 5.17. The number of hydrogen-bond donors (Lipinski definition) is 1. The monoisotopic (exact) mass is 363 g/mol. The Morgan fingerprint density at radius 3 is 2.76 bits per heavy atom. The van der Waals surface area contributed by atoms with Gasteiger partial charge in [-0.05, 0) is 5.56 Å². The summed E-state index contributed by atoms with van der Waals surface area (Å²) >= 11 is 1.32. The van der Waals surface area contributed by atoms with Gasteiger partial charge in [0.05, 0.1) is 13.2 Å². The molecule has 0 radical (unpaired) electrons. The van der Waals surface area contributed by atoms with Gasteiger partial charge in [0.2, 0.25) is 11.8 Å². The van der Waals surface area contributed by atoms with Gasteiger partial charge in [0.1, 0.15) is 13.2 Å². The molecule has 0 aliphatic carbocycles. The van der Waals surface area contributed by atoms with E-state index in [1.807, 2.05) is 30.3 Å². The Kier molecular flexibility index (Phi) is 8.03. The number of ether oxygens (including phenoxy) is 2. The molecule has 1 heterocycles. The van der Waals surface area contributed by atoms with E-state index in [-0.39, 0.29) is 25.0 Å². The van der Waals surface area contributed by atoms with Crippen LogP contribution in [0.25, 0.3) is 0 Å². The summed E-state index contributed by atoms with van der Waals surface area (Å²) in [5.74, 6) is -0.565. The number of nitrogens with zero attached hydrogens (tertiary/aromatic N) is 2. The normalized spacial score (nSPS) is 10.4. The first-order chi connectivity index (χ1) is 12.2. The van der Waals surface area contributed by atoms with E-state index in [2.05, 4.69) is 10.3 Å². The molecular weight excluding hydrogens is 342 g/mol. The van der Waals surface area contributed by atoms with Gasteiger partial charge in [0, 0.05) is 25.2 Å². The Morgan fingerprint density at radius 2 is 2.08 bits per heavy atom. The van der Waals surface area contributed by atoms with Crippen LogP contribution in [0.5, 0.6) is 0 Å². The Balaban J connectivity index is 1.82. The molecule has 0 spiro atoms. The standard InChI is InChI=1S/C17H21N3O4S/c1-23-9-8-20(11-15(21)19-17-18-7-10-25-17)16(22)13-24-12-14-5-3-2-4-6-14/h2-7,10H,8-9,11-13H2,1H3,(H,18,19,21). The summed E-state index contributed by atoms with van der Waals surface area (Å²) in [5.41, 5.74) is 0.986. The molecule has 0 aliphatic rings. The molecule has 2 rings (SSSR count). The number of hydrogen-bond acceptors (Lipinski definition) is 6. The van der Waals surface area contributed by atoms with E-state index in [1.165, 1.54) is 16.2 Å². The highest BCUT2D eigenvalue weighted by Gasteiger charge is 2.17. The predicted molar refractivity (Wildman–Crippen MR) is 95.3 cm³/mol. The topological polar surface area (TPSA) is 80.8 Å². The summed E-state index contributed by atoms with van der Waals surface area (Å²) in [6.45, 7) is 0.833. The van der Waals surface area contributed by atoms with E-state index in [4.69, 9.17) is 9.47 Å². The molecule has 0 unspecified atom stereocenters. The first kappa shape index (κ1) is 19.0. The van der Waals surface area contributed by atoms with Crippen molar-refractivity contribution in [2.24, 2.45) is 0 Å².